The normalized spacial score (nSPS) is 18.8. The van der Waals surface area contributed by atoms with Crippen LogP contribution in [0.3, 0.4) is 0 Å². The molecule has 0 bridgehead atoms. The van der Waals surface area contributed by atoms with Crippen molar-refractivity contribution in [2.24, 2.45) is 5.92 Å². The molecule has 0 aromatic rings. The van der Waals surface area contributed by atoms with Gasteiger partial charge in [0.2, 0.25) is 0 Å². The molecule has 0 aromatic carbocycles. The lowest BCUT2D eigenvalue weighted by Crippen LogP contribution is -2.46. The Morgan fingerprint density at radius 2 is 1.88 bits per heavy atom. The molecule has 1 aliphatic rings. The average Bonchev–Trinajstić information content (AvgIpc) is 2.49. The number of hydrogen-bond donors (Lipinski definition) is 2. The molecule has 0 radical (unpaired) electrons. The number of hydrogen-bond acceptors (Lipinski definition) is 4. The Balaban J connectivity index is 2.54. The molecule has 1 aliphatic carbocycles. The van der Waals surface area contributed by atoms with Gasteiger partial charge >= 0.3 is 6.09 Å². The van der Waals surface area contributed by atoms with E-state index in [1.54, 1.807) is 0 Å². The average molecular weight is 374 g/mol. The molecule has 1 rings (SSSR count). The molecule has 0 aromatic heterocycles. The van der Waals surface area contributed by atoms with Crippen molar-refractivity contribution in [3.63, 3.8) is 0 Å². The maximum atomic E-state index is 12.2. The molecular weight excluding hydrogens is 334 g/mol. The Bertz CT molecular complexity index is 376. The van der Waals surface area contributed by atoms with Crippen molar-refractivity contribution in [1.82, 2.24) is 5.32 Å². The van der Waals surface area contributed by atoms with Crippen LogP contribution in [0.2, 0.25) is 0 Å². The first-order valence-electron chi connectivity index (χ1n) is 9.96. The fourth-order valence-electron chi connectivity index (χ4n) is 3.37. The molecule has 148 valence electrons. The van der Waals surface area contributed by atoms with E-state index in [2.05, 4.69) is 19.2 Å². The maximum absolute atomic E-state index is 12.2. The summed E-state index contributed by atoms with van der Waals surface area (Å²) in [6.45, 7) is 9.97. The van der Waals surface area contributed by atoms with Crippen LogP contribution < -0.4 is 5.32 Å². The van der Waals surface area contributed by atoms with Gasteiger partial charge in [-0.25, -0.2) is 4.79 Å². The van der Waals surface area contributed by atoms with E-state index in [4.69, 9.17) is 4.74 Å². The van der Waals surface area contributed by atoms with E-state index in [-0.39, 0.29) is 6.04 Å². The second-order valence-corrected chi connectivity index (χ2v) is 10.3. The number of carbonyl (C=O) groups excluding carboxylic acids is 1. The Hall–Kier alpha value is -0.420. The monoisotopic (exact) mass is 373 g/mol. The lowest BCUT2D eigenvalue weighted by molar-refractivity contribution is 0.0380. The van der Waals surface area contributed by atoms with Crippen LogP contribution in [0.5, 0.6) is 0 Å². The molecule has 2 N–H and O–H groups in total. The summed E-state index contributed by atoms with van der Waals surface area (Å²) in [6, 6.07) is -0.206. The van der Waals surface area contributed by atoms with Crippen molar-refractivity contribution in [3.8, 4) is 0 Å². The van der Waals surface area contributed by atoms with Gasteiger partial charge in [0.1, 0.15) is 5.60 Å². The summed E-state index contributed by atoms with van der Waals surface area (Å²) in [5.41, 5.74) is -0.516. The quantitative estimate of drug-likeness (QED) is 0.550. The Kier molecular flexibility index (Phi) is 10.2. The summed E-state index contributed by atoms with van der Waals surface area (Å²) in [5.74, 6) is 1.66. The molecule has 5 heteroatoms. The highest BCUT2D eigenvalue weighted by Crippen LogP contribution is 2.29. The van der Waals surface area contributed by atoms with Crippen molar-refractivity contribution in [1.29, 1.82) is 0 Å². The molecule has 1 amide bonds. The number of amides is 1. The van der Waals surface area contributed by atoms with E-state index in [1.165, 1.54) is 32.1 Å². The minimum atomic E-state index is -0.516. The minimum Gasteiger partial charge on any atom is -0.444 e. The lowest BCUT2D eigenvalue weighted by Gasteiger charge is -2.31. The topological polar surface area (TPSA) is 58.6 Å². The van der Waals surface area contributed by atoms with Gasteiger partial charge in [0.05, 0.1) is 12.1 Å². The summed E-state index contributed by atoms with van der Waals surface area (Å²) in [6.07, 6.45) is 7.92. The zero-order valence-corrected chi connectivity index (χ0v) is 17.7. The molecule has 0 heterocycles. The predicted molar refractivity (Wildman–Crippen MR) is 107 cm³/mol. The smallest absolute Gasteiger partial charge is 0.407 e. The van der Waals surface area contributed by atoms with E-state index >= 15 is 0 Å². The highest BCUT2D eigenvalue weighted by atomic mass is 32.2. The lowest BCUT2D eigenvalue weighted by atomic mass is 9.83. The number of rotatable bonds is 9. The van der Waals surface area contributed by atoms with Crippen LogP contribution in [0.1, 0.15) is 86.0 Å². The van der Waals surface area contributed by atoms with Gasteiger partial charge < -0.3 is 15.2 Å². The number of carbonyl (C=O) groups is 1. The molecule has 0 spiro atoms. The fourth-order valence-corrected chi connectivity index (χ4v) is 4.17. The zero-order valence-electron chi connectivity index (χ0n) is 16.8. The van der Waals surface area contributed by atoms with Crippen LogP contribution in [0.25, 0.3) is 0 Å². The number of aliphatic hydroxyl groups excluding tert-OH is 1. The number of thioether (sulfide) groups is 1. The summed E-state index contributed by atoms with van der Waals surface area (Å²) in [7, 11) is 0. The first-order chi connectivity index (χ1) is 11.7. The minimum absolute atomic E-state index is 0.206. The van der Waals surface area contributed by atoms with Gasteiger partial charge in [0, 0.05) is 0 Å². The zero-order chi connectivity index (χ0) is 18.9. The van der Waals surface area contributed by atoms with E-state index in [1.807, 2.05) is 32.5 Å². The van der Waals surface area contributed by atoms with E-state index in [9.17, 15) is 9.90 Å². The highest BCUT2D eigenvalue weighted by Gasteiger charge is 2.27. The summed E-state index contributed by atoms with van der Waals surface area (Å²) in [5, 5.41) is 14.2. The van der Waals surface area contributed by atoms with E-state index in [0.29, 0.717) is 11.2 Å². The van der Waals surface area contributed by atoms with Crippen LogP contribution in [0.15, 0.2) is 0 Å². The molecule has 25 heavy (non-hydrogen) atoms. The second-order valence-electron chi connectivity index (χ2n) is 8.62. The van der Waals surface area contributed by atoms with E-state index < -0.39 is 17.8 Å². The van der Waals surface area contributed by atoms with Crippen molar-refractivity contribution < 1.29 is 14.6 Å². The highest BCUT2D eigenvalue weighted by molar-refractivity contribution is 7.99. The van der Waals surface area contributed by atoms with Crippen LogP contribution >= 0.6 is 11.8 Å². The van der Waals surface area contributed by atoms with Gasteiger partial charge in [-0.1, -0.05) is 46.0 Å². The van der Waals surface area contributed by atoms with Crippen LogP contribution in [-0.4, -0.2) is 39.9 Å². The second kappa shape index (κ2) is 11.3. The Morgan fingerprint density at radius 1 is 1.24 bits per heavy atom. The standard InChI is InChI=1S/C20H39NO3S/c1-15(2)25-13-9-12-18(22)17(14-16-10-7-6-8-11-16)21-19(23)24-20(3,4)5/h15-18,22H,6-14H2,1-5H3,(H,21,23)/t17-,18?/m0/s1. The number of nitrogens with one attached hydrogen (secondary N) is 1. The van der Waals surface area contributed by atoms with Gasteiger partial charge in [-0.15, -0.1) is 0 Å². The van der Waals surface area contributed by atoms with Crippen LogP contribution in [-0.2, 0) is 4.74 Å². The SMILES string of the molecule is CC(C)SCCCC(O)[C@H](CC1CCCCC1)NC(=O)OC(C)(C)C. The van der Waals surface area contributed by atoms with Crippen LogP contribution in [0.4, 0.5) is 4.79 Å². The summed E-state index contributed by atoms with van der Waals surface area (Å²) < 4.78 is 5.40. The van der Waals surface area contributed by atoms with Crippen molar-refractivity contribution in [2.75, 3.05) is 5.75 Å². The molecule has 4 nitrogen and oxygen atoms in total. The Morgan fingerprint density at radius 3 is 2.44 bits per heavy atom. The number of aliphatic hydroxyl groups is 1. The predicted octanol–water partition coefficient (Wildman–Crippen LogP) is 5.13. The molecule has 0 aliphatic heterocycles. The van der Waals surface area contributed by atoms with Gasteiger partial charge in [0.25, 0.3) is 0 Å². The molecule has 2 atom stereocenters. The van der Waals surface area contributed by atoms with Crippen LogP contribution in [0, 0.1) is 5.92 Å². The third-order valence-corrected chi connectivity index (χ3v) is 5.77. The molecule has 0 saturated heterocycles. The van der Waals surface area contributed by atoms with Crippen molar-refractivity contribution in [2.45, 2.75) is 109 Å². The largest absolute Gasteiger partial charge is 0.444 e. The summed E-state index contributed by atoms with van der Waals surface area (Å²) in [4.78, 5) is 12.2. The molecule has 1 fully saturated rings. The third-order valence-electron chi connectivity index (χ3n) is 4.57. The molecule has 1 saturated carbocycles. The maximum Gasteiger partial charge on any atom is 0.407 e. The van der Waals surface area contributed by atoms with E-state index in [0.717, 1.165) is 25.0 Å². The van der Waals surface area contributed by atoms with Crippen molar-refractivity contribution >= 4 is 17.9 Å². The molecular formula is C20H39NO3S. The third kappa shape index (κ3) is 11.0. The van der Waals surface area contributed by atoms with Crippen molar-refractivity contribution in [3.05, 3.63) is 0 Å². The molecule has 1 unspecified atom stereocenters. The van der Waals surface area contributed by atoms with Gasteiger partial charge in [-0.2, -0.15) is 11.8 Å². The van der Waals surface area contributed by atoms with Gasteiger partial charge in [-0.3, -0.25) is 0 Å². The first-order valence-corrected chi connectivity index (χ1v) is 11.0. The number of ether oxygens (including phenoxy) is 1. The van der Waals surface area contributed by atoms with Gasteiger partial charge in [0.15, 0.2) is 0 Å². The number of alkyl carbamates (subject to hydrolysis) is 1. The van der Waals surface area contributed by atoms with Gasteiger partial charge in [-0.05, 0) is 57.0 Å². The Labute approximate surface area is 158 Å². The summed E-state index contributed by atoms with van der Waals surface area (Å²) >= 11 is 1.92. The fraction of sp³-hybridized carbons (Fsp3) is 0.950. The first kappa shape index (κ1) is 22.6.